The van der Waals surface area contributed by atoms with Crippen LogP contribution in [0.2, 0.25) is 0 Å². The SMILES string of the molecule is Cn1c2c(c3c4c(ccc31)-c1ccccc1C4)-c1ccccc1C2.Cn1c2c(c3cc4c(cc31)-c1ccccc1C4)-c1ccccc1C2.Cn1c2c(c3cc4c(cc31)-c1ccccc1C4)Cc1ccccc1-2.Cn1c2ccccc2c2cc3c(cc21)-c1ccccc1C3.Cn1c2ccccc2c2cc3c(cc21)Cc1ccccc1-3.Cn1c2ccccc2c2ccc3c(c21)Cc1ccccc1-3. The molecule has 6 heterocycles. The van der Waals surface area contributed by atoms with Crippen molar-refractivity contribution >= 4 is 98.1 Å². The maximum Gasteiger partial charge on any atom is 0.0530 e. The Kier molecular flexibility index (Phi) is 17.1. The third-order valence-corrected chi connectivity index (χ3v) is 32.2. The summed E-state index contributed by atoms with van der Waals surface area (Å²) < 4.78 is 14.2. The molecule has 9 aliphatic rings. The van der Waals surface area contributed by atoms with Crippen molar-refractivity contribution in [1.29, 1.82) is 0 Å². The summed E-state index contributed by atoms with van der Waals surface area (Å²) in [4.78, 5) is 0. The molecule has 24 aromatic rings. The predicted octanol–water partition coefficient (Wildman–Crippen LogP) is 30.7. The molecule has 6 aromatic heterocycles. The van der Waals surface area contributed by atoms with Crippen LogP contribution in [0.25, 0.3) is 198 Å². The first-order valence-corrected chi connectivity index (χ1v) is 48.1. The van der Waals surface area contributed by atoms with Crippen molar-refractivity contribution in [2.24, 2.45) is 42.3 Å². The molecule has 18 aromatic carbocycles. The summed E-state index contributed by atoms with van der Waals surface area (Å²) in [5.41, 5.74) is 64.1. The Balaban J connectivity index is 0.0000000805. The van der Waals surface area contributed by atoms with Crippen molar-refractivity contribution in [3.63, 3.8) is 0 Å². The molecule has 0 amide bonds. The van der Waals surface area contributed by atoms with Crippen LogP contribution in [0.4, 0.5) is 0 Å². The van der Waals surface area contributed by atoms with E-state index in [1.54, 1.807) is 0 Å². The minimum Gasteiger partial charge on any atom is -0.347 e. The number of aryl methyl sites for hydroxylation is 6. The van der Waals surface area contributed by atoms with Crippen LogP contribution in [0.3, 0.4) is 0 Å². The molecule has 6 heteroatoms. The van der Waals surface area contributed by atoms with E-state index < -0.39 is 0 Å². The number of para-hydroxylation sites is 3. The zero-order valence-electron chi connectivity index (χ0n) is 76.7. The molecule has 0 saturated heterocycles. The van der Waals surface area contributed by atoms with E-state index in [9.17, 15) is 0 Å². The fourth-order valence-electron chi connectivity index (χ4n) is 25.8. The van der Waals surface area contributed by atoms with Gasteiger partial charge in [0.2, 0.25) is 0 Å². The van der Waals surface area contributed by atoms with Crippen LogP contribution in [-0.4, -0.2) is 27.4 Å². The first kappa shape index (κ1) is 77.7. The van der Waals surface area contributed by atoms with Gasteiger partial charge in [-0.3, -0.25) is 0 Å². The molecule has 0 saturated carbocycles. The Morgan fingerprint density at radius 2 is 0.474 bits per heavy atom. The molecule has 33 rings (SSSR count). The maximum absolute atomic E-state index is 2.45. The summed E-state index contributed by atoms with van der Waals surface area (Å²) in [6.07, 6.45) is 9.53. The first-order valence-electron chi connectivity index (χ1n) is 48.1. The smallest absolute Gasteiger partial charge is 0.0530 e. The number of nitrogens with zero attached hydrogens (tertiary/aromatic N) is 6. The Labute approximate surface area is 784 Å². The van der Waals surface area contributed by atoms with E-state index in [2.05, 4.69) is 434 Å². The number of rotatable bonds is 0. The van der Waals surface area contributed by atoms with Gasteiger partial charge in [-0.2, -0.15) is 0 Å². The van der Waals surface area contributed by atoms with Crippen molar-refractivity contribution < 1.29 is 0 Å². The van der Waals surface area contributed by atoms with Crippen molar-refractivity contribution in [3.05, 3.63) is 464 Å². The predicted molar refractivity (Wildman–Crippen MR) is 564 cm³/mol. The summed E-state index contributed by atoms with van der Waals surface area (Å²) in [6, 6.07) is 134. The molecule has 0 unspecified atom stereocenters. The lowest BCUT2D eigenvalue weighted by atomic mass is 9.97. The summed E-state index contributed by atoms with van der Waals surface area (Å²) in [5, 5.41) is 12.5. The Bertz CT molecular complexity index is 9260. The number of hydrogen-bond donors (Lipinski definition) is 0. The third-order valence-electron chi connectivity index (χ3n) is 32.2. The molecule has 0 spiro atoms. The molecule has 9 aliphatic carbocycles. The summed E-state index contributed by atoms with van der Waals surface area (Å²) in [6.45, 7) is 0. The molecule has 135 heavy (non-hydrogen) atoms. The van der Waals surface area contributed by atoms with Gasteiger partial charge in [0.05, 0.1) is 11.2 Å². The lowest BCUT2D eigenvalue weighted by Crippen LogP contribution is -1.94. The van der Waals surface area contributed by atoms with E-state index in [0.717, 1.165) is 57.8 Å². The second kappa shape index (κ2) is 29.7. The molecular weight excluding hydrogens is 1630 g/mol. The zero-order chi connectivity index (χ0) is 89.4. The zero-order valence-corrected chi connectivity index (χ0v) is 76.7. The monoisotopic (exact) mass is 1730 g/mol. The van der Waals surface area contributed by atoms with Gasteiger partial charge in [0.1, 0.15) is 0 Å². The van der Waals surface area contributed by atoms with Crippen LogP contribution in [0.15, 0.2) is 364 Å². The second-order valence-electron chi connectivity index (χ2n) is 39.0. The minimum absolute atomic E-state index is 1.05. The third kappa shape index (κ3) is 11.6. The van der Waals surface area contributed by atoms with Crippen LogP contribution < -0.4 is 0 Å². The van der Waals surface area contributed by atoms with E-state index in [1.807, 2.05) is 0 Å². The van der Waals surface area contributed by atoms with E-state index in [1.165, 1.54) is 299 Å². The lowest BCUT2D eigenvalue weighted by molar-refractivity contribution is 0.894. The lowest BCUT2D eigenvalue weighted by Gasteiger charge is -2.07. The number of fused-ring (bicyclic) bond motifs is 44. The molecule has 0 atom stereocenters. The average molecular weight is 1730 g/mol. The highest BCUT2D eigenvalue weighted by Gasteiger charge is 2.35. The van der Waals surface area contributed by atoms with E-state index in [4.69, 9.17) is 0 Å². The fraction of sp³-hybridized carbons (Fsp3) is 0.116. The Morgan fingerprint density at radius 3 is 0.985 bits per heavy atom. The number of hydrogen-bond acceptors (Lipinski definition) is 0. The molecular formula is C129H96N6. The molecule has 0 fully saturated rings. The van der Waals surface area contributed by atoms with Gasteiger partial charge in [0, 0.05) is 189 Å². The maximum atomic E-state index is 2.45. The highest BCUT2D eigenvalue weighted by Crippen LogP contribution is 2.54. The van der Waals surface area contributed by atoms with Crippen LogP contribution in [0.1, 0.15) is 100 Å². The van der Waals surface area contributed by atoms with Crippen molar-refractivity contribution in [1.82, 2.24) is 27.4 Å². The number of aromatic nitrogens is 6. The number of benzene rings is 18. The second-order valence-corrected chi connectivity index (χ2v) is 39.0. The van der Waals surface area contributed by atoms with Gasteiger partial charge < -0.3 is 27.4 Å². The molecule has 642 valence electrons. The Morgan fingerprint density at radius 1 is 0.156 bits per heavy atom. The normalized spacial score (nSPS) is 13.3. The standard InChI is InChI=1S/3C23H17N.3C20H15N/c1-24-21-13-19-16(10-14-6-2-4-8-17(14)19)11-20(21)23-18-9-5-3-7-15(18)12-22(23)24;1-24-22-13-19-16(10-14-6-2-4-8-17(14)19)12-20(22)21-11-15-7-3-5-9-18(15)23(21)24;1-24-20-11-10-18-16-8-4-2-6-14(16)12-19(18)23(20)22-17-9-5-3-7-15(17)13-21(22)24;1-21-19-9-5-4-8-16(19)18-12-17-14(11-20(18)21)10-13-6-2-3-7-15(13)17;1-21-19-9-5-4-8-16(19)18-11-14-10-13-6-2-3-7-15(13)17(14)12-20(18)21;1-21-19-9-5-4-8-16(19)17-11-10-15-14-7-3-2-6-13(14)12-18(15)20(17)21/h2-9,11,13H,10,12H2,1H3;2-9,12-13H,10-11H2,1H3;2-11H,12-13H2,1H3;2*2-9,11-12H,10H2,1H3;2-11H,12H2,1H3. The fourth-order valence-corrected chi connectivity index (χ4v) is 25.8. The van der Waals surface area contributed by atoms with Crippen LogP contribution >= 0.6 is 0 Å². The summed E-state index contributed by atoms with van der Waals surface area (Å²) >= 11 is 0. The van der Waals surface area contributed by atoms with Crippen molar-refractivity contribution in [3.8, 4) is 100 Å². The van der Waals surface area contributed by atoms with Crippen LogP contribution in [0, 0.1) is 0 Å². The van der Waals surface area contributed by atoms with Gasteiger partial charge >= 0.3 is 0 Å². The van der Waals surface area contributed by atoms with Gasteiger partial charge in [-0.25, -0.2) is 0 Å². The van der Waals surface area contributed by atoms with Crippen LogP contribution in [-0.2, 0) is 100 Å². The summed E-state index contributed by atoms with van der Waals surface area (Å²) in [5.74, 6) is 0. The summed E-state index contributed by atoms with van der Waals surface area (Å²) in [7, 11) is 13.2. The van der Waals surface area contributed by atoms with E-state index in [-0.39, 0.29) is 0 Å². The van der Waals surface area contributed by atoms with Gasteiger partial charge in [-0.1, -0.05) is 291 Å². The molecule has 0 bridgehead atoms. The molecule has 0 radical (unpaired) electrons. The molecule has 6 nitrogen and oxygen atoms in total. The van der Waals surface area contributed by atoms with Gasteiger partial charge in [-0.05, 0) is 272 Å². The van der Waals surface area contributed by atoms with Gasteiger partial charge in [0.25, 0.3) is 0 Å². The van der Waals surface area contributed by atoms with Crippen LogP contribution in [0.5, 0.6) is 0 Å². The minimum atomic E-state index is 1.05. The average Bonchev–Trinajstić information content (AvgIpc) is 1.58. The largest absolute Gasteiger partial charge is 0.347 e. The van der Waals surface area contributed by atoms with E-state index in [0.29, 0.717) is 0 Å². The van der Waals surface area contributed by atoms with Crippen molar-refractivity contribution in [2.45, 2.75) is 57.8 Å². The van der Waals surface area contributed by atoms with Gasteiger partial charge in [0.15, 0.2) is 0 Å². The highest BCUT2D eigenvalue weighted by molar-refractivity contribution is 6.15. The Hall–Kier alpha value is -16.0. The van der Waals surface area contributed by atoms with Crippen molar-refractivity contribution in [2.75, 3.05) is 0 Å². The van der Waals surface area contributed by atoms with E-state index >= 15 is 0 Å². The quantitative estimate of drug-likeness (QED) is 0.145. The molecule has 0 aliphatic heterocycles. The first-order chi connectivity index (χ1) is 66.4. The van der Waals surface area contributed by atoms with Gasteiger partial charge in [-0.15, -0.1) is 0 Å². The highest BCUT2D eigenvalue weighted by atomic mass is 15.0. The topological polar surface area (TPSA) is 29.6 Å². The molecule has 0 N–H and O–H groups in total.